The van der Waals surface area contributed by atoms with Gasteiger partial charge in [-0.05, 0) is 47.1 Å². The fourth-order valence-electron chi connectivity index (χ4n) is 1.67. The lowest BCUT2D eigenvalue weighted by molar-refractivity contribution is -0.713. The van der Waals surface area contributed by atoms with Crippen molar-refractivity contribution in [3.63, 3.8) is 0 Å². The first-order valence-electron chi connectivity index (χ1n) is 6.08. The number of aryl methyl sites for hydroxylation is 2. The van der Waals surface area contributed by atoms with Crippen LogP contribution in [0.25, 0.3) is 0 Å². The van der Waals surface area contributed by atoms with E-state index in [1.165, 1.54) is 11.3 Å². The molecule has 0 fully saturated rings. The van der Waals surface area contributed by atoms with Crippen molar-refractivity contribution >= 4 is 27.8 Å². The average molecular weight is 286 g/mol. The van der Waals surface area contributed by atoms with E-state index >= 15 is 0 Å². The summed E-state index contributed by atoms with van der Waals surface area (Å²) in [4.78, 5) is 2.01. The van der Waals surface area contributed by atoms with Crippen LogP contribution in [-0.2, 0) is 7.05 Å². The molecule has 1 aromatic carbocycles. The maximum atomic E-state index is 5.32. The van der Waals surface area contributed by atoms with Gasteiger partial charge in [-0.1, -0.05) is 11.0 Å². The molecule has 2 aromatic rings. The van der Waals surface area contributed by atoms with Crippen molar-refractivity contribution in [3.8, 4) is 12.3 Å². The Kier molecular flexibility index (Phi) is 4.43. The van der Waals surface area contributed by atoms with Crippen LogP contribution in [0.3, 0.4) is 0 Å². The monoisotopic (exact) mass is 286 g/mol. The van der Waals surface area contributed by atoms with Crippen LogP contribution in [0.1, 0.15) is 5.56 Å². The van der Waals surface area contributed by atoms with Crippen LogP contribution in [0.4, 0.5) is 16.5 Å². The summed E-state index contributed by atoms with van der Waals surface area (Å²) < 4.78 is 1.69. The number of nitrogens with zero attached hydrogens (tertiary/aromatic N) is 5. The molecule has 0 spiro atoms. The van der Waals surface area contributed by atoms with Gasteiger partial charge in [-0.25, -0.2) is 0 Å². The first-order chi connectivity index (χ1) is 9.61. The second kappa shape index (κ2) is 6.26. The molecule has 2 rings (SSSR count). The number of hydrogen-bond acceptors (Lipinski definition) is 5. The summed E-state index contributed by atoms with van der Waals surface area (Å²) in [5.74, 6) is 2.63. The second-order valence-electron chi connectivity index (χ2n) is 4.38. The Bertz CT molecular complexity index is 668. The first-order valence-corrected chi connectivity index (χ1v) is 6.96. The maximum Gasteiger partial charge on any atom is 0.429 e. The highest BCUT2D eigenvalue weighted by atomic mass is 32.1. The summed E-state index contributed by atoms with van der Waals surface area (Å²) in [6.07, 6.45) is 5.32. The van der Waals surface area contributed by atoms with Crippen LogP contribution in [0.5, 0.6) is 0 Å². The van der Waals surface area contributed by atoms with Crippen LogP contribution in [-0.4, -0.2) is 18.7 Å². The quantitative estimate of drug-likeness (QED) is 0.493. The van der Waals surface area contributed by atoms with E-state index in [0.29, 0.717) is 6.54 Å². The lowest BCUT2D eigenvalue weighted by atomic mass is 10.1. The molecular formula is C14H16N5S+. The molecule has 102 valence electrons. The lowest BCUT2D eigenvalue weighted by Crippen LogP contribution is -2.28. The van der Waals surface area contributed by atoms with E-state index in [2.05, 4.69) is 27.3 Å². The number of rotatable bonds is 4. The van der Waals surface area contributed by atoms with Crippen molar-refractivity contribution in [2.24, 2.45) is 17.3 Å². The van der Waals surface area contributed by atoms with Crippen LogP contribution < -0.4 is 9.58 Å². The molecule has 0 aliphatic heterocycles. The smallest absolute Gasteiger partial charge is 0.363 e. The summed E-state index contributed by atoms with van der Waals surface area (Å²) >= 11 is 1.45. The summed E-state index contributed by atoms with van der Waals surface area (Å²) in [6, 6.07) is 5.99. The largest absolute Gasteiger partial charge is 0.429 e. The van der Waals surface area contributed by atoms with Crippen LogP contribution in [0, 0.1) is 19.3 Å². The van der Waals surface area contributed by atoms with E-state index in [1.54, 1.807) is 10.2 Å². The lowest BCUT2D eigenvalue weighted by Gasteiger charge is -2.16. The minimum absolute atomic E-state index is 0.580. The van der Waals surface area contributed by atoms with E-state index in [-0.39, 0.29) is 0 Å². The number of hydrogen-bond donors (Lipinski definition) is 0. The SMILES string of the molecule is C#CCN(C)c1ccc(/N=N/c2scn[n+]2C)c(C)c1. The Morgan fingerprint density at radius 1 is 1.45 bits per heavy atom. The maximum absolute atomic E-state index is 5.32. The van der Waals surface area contributed by atoms with E-state index in [1.807, 2.05) is 38.1 Å². The van der Waals surface area contributed by atoms with Gasteiger partial charge in [-0.15, -0.1) is 11.1 Å². The predicted molar refractivity (Wildman–Crippen MR) is 80.7 cm³/mol. The van der Waals surface area contributed by atoms with Gasteiger partial charge in [0.05, 0.1) is 11.7 Å². The molecule has 1 aromatic heterocycles. The fourth-order valence-corrected chi connectivity index (χ4v) is 2.24. The Morgan fingerprint density at radius 3 is 2.85 bits per heavy atom. The second-order valence-corrected chi connectivity index (χ2v) is 5.19. The van der Waals surface area contributed by atoms with Gasteiger partial charge in [0.15, 0.2) is 0 Å². The van der Waals surface area contributed by atoms with Crippen LogP contribution in [0.2, 0.25) is 0 Å². The molecular weight excluding hydrogens is 270 g/mol. The minimum atomic E-state index is 0.580. The highest BCUT2D eigenvalue weighted by Crippen LogP contribution is 2.26. The standard InChI is InChI=1S/C14H16N5S/c1-5-8-18(3)12-6-7-13(11(2)9-12)16-17-14-19(4)15-10-20-14/h1,6-7,9-10H,8H2,2-4H3/q+1. The van der Waals surface area contributed by atoms with E-state index < -0.39 is 0 Å². The van der Waals surface area contributed by atoms with Gasteiger partial charge in [-0.2, -0.15) is 0 Å². The summed E-state index contributed by atoms with van der Waals surface area (Å²) in [6.45, 7) is 2.59. The van der Waals surface area contributed by atoms with Crippen molar-refractivity contribution in [3.05, 3.63) is 29.3 Å². The van der Waals surface area contributed by atoms with Crippen molar-refractivity contribution in [1.29, 1.82) is 0 Å². The molecule has 0 bridgehead atoms. The summed E-state index contributed by atoms with van der Waals surface area (Å²) in [7, 11) is 3.81. The number of terminal acetylenes is 1. The zero-order valence-corrected chi connectivity index (χ0v) is 12.6. The Hall–Kier alpha value is -2.26. The Labute approximate surface area is 122 Å². The van der Waals surface area contributed by atoms with Gasteiger partial charge in [-0.3, -0.25) is 0 Å². The molecule has 0 unspecified atom stereocenters. The fraction of sp³-hybridized carbons (Fsp3) is 0.286. The molecule has 0 saturated heterocycles. The normalized spacial score (nSPS) is 10.7. The Morgan fingerprint density at radius 2 is 2.25 bits per heavy atom. The van der Waals surface area contributed by atoms with Crippen molar-refractivity contribution in [2.75, 3.05) is 18.5 Å². The predicted octanol–water partition coefficient (Wildman–Crippen LogP) is 2.76. The van der Waals surface area contributed by atoms with Crippen LogP contribution in [0.15, 0.2) is 33.9 Å². The average Bonchev–Trinajstić information content (AvgIpc) is 2.83. The molecule has 20 heavy (non-hydrogen) atoms. The molecule has 0 atom stereocenters. The van der Waals surface area contributed by atoms with Gasteiger partial charge in [0, 0.05) is 12.7 Å². The van der Waals surface area contributed by atoms with Gasteiger partial charge >= 0.3 is 5.13 Å². The van der Waals surface area contributed by atoms with Gasteiger partial charge in [0.25, 0.3) is 0 Å². The van der Waals surface area contributed by atoms with Crippen molar-refractivity contribution in [1.82, 2.24) is 5.10 Å². The summed E-state index contributed by atoms with van der Waals surface area (Å²) in [5.41, 5.74) is 4.71. The third kappa shape index (κ3) is 3.19. The molecule has 0 aliphatic carbocycles. The van der Waals surface area contributed by atoms with Crippen LogP contribution >= 0.6 is 11.3 Å². The topological polar surface area (TPSA) is 44.7 Å². The van der Waals surface area contributed by atoms with Gasteiger partial charge in [0.2, 0.25) is 0 Å². The number of aromatic nitrogens is 2. The number of anilines is 1. The zero-order valence-electron chi connectivity index (χ0n) is 11.7. The third-order valence-electron chi connectivity index (χ3n) is 2.85. The third-order valence-corrected chi connectivity index (χ3v) is 3.60. The first kappa shape index (κ1) is 14.2. The van der Waals surface area contributed by atoms with E-state index in [0.717, 1.165) is 22.1 Å². The van der Waals surface area contributed by atoms with Gasteiger partial charge in [0.1, 0.15) is 18.2 Å². The number of benzene rings is 1. The summed E-state index contributed by atoms with van der Waals surface area (Å²) in [5, 5.41) is 13.3. The van der Waals surface area contributed by atoms with E-state index in [9.17, 15) is 0 Å². The zero-order chi connectivity index (χ0) is 14.5. The highest BCUT2D eigenvalue weighted by molar-refractivity contribution is 7.12. The molecule has 5 nitrogen and oxygen atoms in total. The van der Waals surface area contributed by atoms with Crippen molar-refractivity contribution in [2.45, 2.75) is 6.92 Å². The minimum Gasteiger partial charge on any atom is -0.363 e. The molecule has 1 heterocycles. The highest BCUT2D eigenvalue weighted by Gasteiger charge is 2.10. The molecule has 0 radical (unpaired) electrons. The van der Waals surface area contributed by atoms with Gasteiger partial charge < -0.3 is 4.90 Å². The Balaban J connectivity index is 2.20. The molecule has 0 amide bonds. The van der Waals surface area contributed by atoms with E-state index in [4.69, 9.17) is 6.42 Å². The molecule has 0 aliphatic rings. The van der Waals surface area contributed by atoms with Crippen molar-refractivity contribution < 1.29 is 4.68 Å². The number of azo groups is 1. The molecule has 0 N–H and O–H groups in total. The molecule has 0 saturated carbocycles. The molecule has 6 heteroatoms.